The minimum Gasteiger partial charge on any atom is -0.423 e. The predicted octanol–water partition coefficient (Wildman–Crippen LogP) is 6.49. The van der Waals surface area contributed by atoms with Crippen LogP contribution in [0.3, 0.4) is 0 Å². The van der Waals surface area contributed by atoms with Crippen molar-refractivity contribution in [1.29, 1.82) is 0 Å². The van der Waals surface area contributed by atoms with Gasteiger partial charge in [-0.05, 0) is 42.8 Å². The molecule has 0 atom stereocenters. The van der Waals surface area contributed by atoms with Crippen LogP contribution in [0.1, 0.15) is 15.9 Å². The molecule has 4 heteroatoms. The minimum atomic E-state index is -0.423. The molecule has 0 saturated carbocycles. The van der Waals surface area contributed by atoms with E-state index in [1.54, 1.807) is 18.2 Å². The molecule has 4 aromatic carbocycles. The van der Waals surface area contributed by atoms with Gasteiger partial charge in [-0.1, -0.05) is 72.8 Å². The smallest absolute Gasteiger partial charge is 0.343 e. The van der Waals surface area contributed by atoms with Crippen LogP contribution in [0.4, 0.5) is 0 Å². The fourth-order valence-corrected chi connectivity index (χ4v) is 3.62. The normalized spacial score (nSPS) is 10.8. The molecule has 1 aromatic heterocycles. The highest BCUT2D eigenvalue weighted by Gasteiger charge is 2.15. The summed E-state index contributed by atoms with van der Waals surface area (Å²) >= 11 is 0. The Morgan fingerprint density at radius 2 is 1.28 bits per heavy atom. The van der Waals surface area contributed by atoms with Crippen molar-refractivity contribution < 1.29 is 9.53 Å². The van der Waals surface area contributed by atoms with Crippen molar-refractivity contribution in [2.75, 3.05) is 0 Å². The lowest BCUT2D eigenvalue weighted by molar-refractivity contribution is 0.0735. The summed E-state index contributed by atoms with van der Waals surface area (Å²) in [6, 6.07) is 32.7. The van der Waals surface area contributed by atoms with E-state index < -0.39 is 5.97 Å². The first-order valence-electron chi connectivity index (χ1n) is 10.4. The molecule has 4 nitrogen and oxygen atoms in total. The molecule has 0 fully saturated rings. The van der Waals surface area contributed by atoms with Crippen LogP contribution in [-0.2, 0) is 0 Å². The Morgan fingerprint density at radius 3 is 1.91 bits per heavy atom. The van der Waals surface area contributed by atoms with E-state index in [1.165, 1.54) is 0 Å². The molecule has 0 bridgehead atoms. The first-order valence-corrected chi connectivity index (χ1v) is 10.4. The van der Waals surface area contributed by atoms with Crippen LogP contribution >= 0.6 is 0 Å². The van der Waals surface area contributed by atoms with Gasteiger partial charge in [-0.15, -0.1) is 0 Å². The van der Waals surface area contributed by atoms with Crippen LogP contribution in [0.5, 0.6) is 5.75 Å². The second kappa shape index (κ2) is 8.44. The molecule has 0 saturated heterocycles. The number of ether oxygens (including phenoxy) is 1. The van der Waals surface area contributed by atoms with Crippen molar-refractivity contribution in [1.82, 2.24) is 9.97 Å². The number of aromatic nitrogens is 2. The monoisotopic (exact) mass is 416 g/mol. The van der Waals surface area contributed by atoms with E-state index in [9.17, 15) is 4.79 Å². The topological polar surface area (TPSA) is 52.1 Å². The van der Waals surface area contributed by atoms with Gasteiger partial charge < -0.3 is 4.74 Å². The fourth-order valence-electron chi connectivity index (χ4n) is 3.62. The Bertz CT molecular complexity index is 1410. The molecule has 5 rings (SSSR count). The molecule has 0 aliphatic carbocycles. The van der Waals surface area contributed by atoms with Crippen LogP contribution in [0.25, 0.3) is 33.5 Å². The Labute approximate surface area is 186 Å². The summed E-state index contributed by atoms with van der Waals surface area (Å²) in [7, 11) is 0. The van der Waals surface area contributed by atoms with Gasteiger partial charge in [0.1, 0.15) is 5.75 Å². The lowest BCUT2D eigenvalue weighted by Crippen LogP contribution is -2.09. The summed E-state index contributed by atoms with van der Waals surface area (Å²) in [5.41, 5.74) is 6.35. The summed E-state index contributed by atoms with van der Waals surface area (Å²) in [6.45, 7) is 1.96. The van der Waals surface area contributed by atoms with Gasteiger partial charge in [0.2, 0.25) is 0 Å². The van der Waals surface area contributed by atoms with Crippen molar-refractivity contribution in [3.05, 3.63) is 114 Å². The molecule has 5 aromatic rings. The summed E-state index contributed by atoms with van der Waals surface area (Å²) in [4.78, 5) is 22.6. The average molecular weight is 416 g/mol. The maximum absolute atomic E-state index is 12.7. The molecule has 154 valence electrons. The van der Waals surface area contributed by atoms with E-state index in [-0.39, 0.29) is 0 Å². The van der Waals surface area contributed by atoms with Crippen LogP contribution in [0, 0.1) is 6.92 Å². The Kier molecular flexibility index (Phi) is 5.18. The SMILES string of the molecule is Cc1cccc(OC(=O)c2ccc3nc(-c4ccccc4)c(-c4ccccc4)nc3c2)c1. The predicted molar refractivity (Wildman–Crippen MR) is 127 cm³/mol. The van der Waals surface area contributed by atoms with E-state index in [1.807, 2.05) is 91.9 Å². The van der Waals surface area contributed by atoms with E-state index in [0.29, 0.717) is 16.8 Å². The van der Waals surface area contributed by atoms with Gasteiger partial charge in [-0.3, -0.25) is 0 Å². The second-order valence-corrected chi connectivity index (χ2v) is 7.56. The van der Waals surface area contributed by atoms with Gasteiger partial charge in [0.05, 0.1) is 28.0 Å². The van der Waals surface area contributed by atoms with Crippen LogP contribution in [-0.4, -0.2) is 15.9 Å². The number of rotatable bonds is 4. The molecular weight excluding hydrogens is 396 g/mol. The van der Waals surface area contributed by atoms with E-state index in [2.05, 4.69) is 0 Å². The summed E-state index contributed by atoms with van der Waals surface area (Å²) in [5, 5.41) is 0. The van der Waals surface area contributed by atoms with Gasteiger partial charge in [0, 0.05) is 11.1 Å². The molecule has 0 aliphatic rings. The Morgan fingerprint density at radius 1 is 0.656 bits per heavy atom. The number of fused-ring (bicyclic) bond motifs is 1. The van der Waals surface area contributed by atoms with Crippen LogP contribution in [0.2, 0.25) is 0 Å². The summed E-state index contributed by atoms with van der Waals surface area (Å²) in [6.07, 6.45) is 0. The van der Waals surface area contributed by atoms with Gasteiger partial charge in [0.15, 0.2) is 0 Å². The molecule has 0 unspecified atom stereocenters. The van der Waals surface area contributed by atoms with Crippen molar-refractivity contribution in [2.24, 2.45) is 0 Å². The molecule has 32 heavy (non-hydrogen) atoms. The summed E-state index contributed by atoms with van der Waals surface area (Å²) < 4.78 is 5.55. The number of esters is 1. The third-order valence-electron chi connectivity index (χ3n) is 5.19. The first kappa shape index (κ1) is 19.6. The highest BCUT2D eigenvalue weighted by Crippen LogP contribution is 2.31. The zero-order valence-electron chi connectivity index (χ0n) is 17.5. The lowest BCUT2D eigenvalue weighted by atomic mass is 10.0. The number of carbonyl (C=O) groups is 1. The summed E-state index contributed by atoms with van der Waals surface area (Å²) in [5.74, 6) is 0.0956. The van der Waals surface area contributed by atoms with Crippen molar-refractivity contribution in [3.63, 3.8) is 0 Å². The van der Waals surface area contributed by atoms with Gasteiger partial charge >= 0.3 is 5.97 Å². The number of carbonyl (C=O) groups excluding carboxylic acids is 1. The molecule has 0 N–H and O–H groups in total. The molecule has 1 heterocycles. The van der Waals surface area contributed by atoms with E-state index >= 15 is 0 Å². The molecular formula is C28H20N2O2. The molecule has 0 aliphatic heterocycles. The van der Waals surface area contributed by atoms with Gasteiger partial charge in [0.25, 0.3) is 0 Å². The van der Waals surface area contributed by atoms with Gasteiger partial charge in [-0.25, -0.2) is 14.8 Å². The van der Waals surface area contributed by atoms with Crippen molar-refractivity contribution in [3.8, 4) is 28.3 Å². The Balaban J connectivity index is 1.59. The second-order valence-electron chi connectivity index (χ2n) is 7.56. The van der Waals surface area contributed by atoms with Crippen LogP contribution in [0.15, 0.2) is 103 Å². The number of hydrogen-bond donors (Lipinski definition) is 0. The number of nitrogens with zero attached hydrogens (tertiary/aromatic N) is 2. The molecule has 0 amide bonds. The highest BCUT2D eigenvalue weighted by molar-refractivity contribution is 5.96. The lowest BCUT2D eigenvalue weighted by Gasteiger charge is -2.11. The maximum Gasteiger partial charge on any atom is 0.343 e. The number of hydrogen-bond acceptors (Lipinski definition) is 4. The van der Waals surface area contributed by atoms with E-state index in [0.717, 1.165) is 33.6 Å². The fraction of sp³-hybridized carbons (Fsp3) is 0.0357. The average Bonchev–Trinajstić information content (AvgIpc) is 2.84. The number of benzene rings is 4. The third kappa shape index (κ3) is 3.98. The largest absolute Gasteiger partial charge is 0.423 e. The molecule has 0 radical (unpaired) electrons. The first-order chi connectivity index (χ1) is 15.7. The van der Waals surface area contributed by atoms with Crippen LogP contribution < -0.4 is 4.74 Å². The molecule has 0 spiro atoms. The maximum atomic E-state index is 12.7. The van der Waals surface area contributed by atoms with Gasteiger partial charge in [-0.2, -0.15) is 0 Å². The van der Waals surface area contributed by atoms with Crippen molar-refractivity contribution >= 4 is 17.0 Å². The quantitative estimate of drug-likeness (QED) is 0.248. The minimum absolute atomic E-state index is 0.423. The highest BCUT2D eigenvalue weighted by atomic mass is 16.5. The van der Waals surface area contributed by atoms with E-state index in [4.69, 9.17) is 14.7 Å². The van der Waals surface area contributed by atoms with Crippen molar-refractivity contribution in [2.45, 2.75) is 6.92 Å². The number of aryl methyl sites for hydroxylation is 1. The zero-order chi connectivity index (χ0) is 21.9. The third-order valence-corrected chi connectivity index (χ3v) is 5.19. The zero-order valence-corrected chi connectivity index (χ0v) is 17.5. The standard InChI is InChI=1S/C28H20N2O2/c1-19-9-8-14-23(17-19)32-28(31)22-15-16-24-25(18-22)30-27(21-12-6-3-7-13-21)26(29-24)20-10-4-2-5-11-20/h2-18H,1H3. The Hall–Kier alpha value is -4.31.